The SMILES string of the molecule is N=C(N)CSCc1ccc(Cl)cc1. The normalized spacial score (nSPS) is 9.92. The fourth-order valence-corrected chi connectivity index (χ4v) is 1.74. The van der Waals surface area contributed by atoms with Crippen molar-refractivity contribution in [3.8, 4) is 0 Å². The smallest absolute Gasteiger partial charge is 0.101 e. The lowest BCUT2D eigenvalue weighted by Crippen LogP contribution is -2.12. The molecule has 13 heavy (non-hydrogen) atoms. The minimum atomic E-state index is 0.221. The Morgan fingerprint density at radius 1 is 1.38 bits per heavy atom. The summed E-state index contributed by atoms with van der Waals surface area (Å²) in [6.07, 6.45) is 0. The first kappa shape index (κ1) is 10.4. The lowest BCUT2D eigenvalue weighted by atomic mass is 10.2. The predicted molar refractivity (Wildman–Crippen MR) is 59.5 cm³/mol. The number of thioether (sulfide) groups is 1. The predicted octanol–water partition coefficient (Wildman–Crippen LogP) is 2.51. The Labute approximate surface area is 87.0 Å². The van der Waals surface area contributed by atoms with E-state index < -0.39 is 0 Å². The Bertz CT molecular complexity index is 284. The molecule has 0 aliphatic heterocycles. The van der Waals surface area contributed by atoms with E-state index in [1.807, 2.05) is 24.3 Å². The molecule has 0 heterocycles. The van der Waals surface area contributed by atoms with Crippen molar-refractivity contribution in [1.82, 2.24) is 0 Å². The van der Waals surface area contributed by atoms with Crippen LogP contribution in [0.1, 0.15) is 5.56 Å². The molecule has 0 fully saturated rings. The van der Waals surface area contributed by atoms with Gasteiger partial charge in [0.1, 0.15) is 5.84 Å². The van der Waals surface area contributed by atoms with Crippen molar-refractivity contribution in [1.29, 1.82) is 5.41 Å². The molecular weight excluding hydrogens is 204 g/mol. The highest BCUT2D eigenvalue weighted by Crippen LogP contribution is 2.14. The summed E-state index contributed by atoms with van der Waals surface area (Å²) in [5.74, 6) is 1.68. The molecule has 0 atom stereocenters. The summed E-state index contributed by atoms with van der Waals surface area (Å²) in [5.41, 5.74) is 6.43. The second-order valence-electron chi connectivity index (χ2n) is 2.64. The topological polar surface area (TPSA) is 49.9 Å². The van der Waals surface area contributed by atoms with Gasteiger partial charge in [-0.25, -0.2) is 0 Å². The van der Waals surface area contributed by atoms with Crippen molar-refractivity contribution >= 4 is 29.2 Å². The summed E-state index contributed by atoms with van der Waals surface area (Å²) >= 11 is 7.36. The van der Waals surface area contributed by atoms with Crippen LogP contribution in [0.2, 0.25) is 5.02 Å². The van der Waals surface area contributed by atoms with Crippen molar-refractivity contribution < 1.29 is 0 Å². The average molecular weight is 215 g/mol. The third kappa shape index (κ3) is 4.20. The summed E-state index contributed by atoms with van der Waals surface area (Å²) in [5, 5.41) is 7.78. The molecule has 0 saturated heterocycles. The van der Waals surface area contributed by atoms with Crippen molar-refractivity contribution in [2.45, 2.75) is 5.75 Å². The molecular formula is C9H11ClN2S. The molecule has 3 N–H and O–H groups in total. The van der Waals surface area contributed by atoms with E-state index in [2.05, 4.69) is 0 Å². The Kier molecular flexibility index (Phi) is 4.12. The highest BCUT2D eigenvalue weighted by molar-refractivity contribution is 7.99. The molecule has 1 rings (SSSR count). The van der Waals surface area contributed by atoms with E-state index in [1.54, 1.807) is 11.8 Å². The zero-order valence-electron chi connectivity index (χ0n) is 7.09. The molecule has 0 aliphatic carbocycles. The first-order valence-electron chi connectivity index (χ1n) is 3.83. The van der Waals surface area contributed by atoms with E-state index in [4.69, 9.17) is 22.7 Å². The standard InChI is InChI=1S/C9H11ClN2S/c10-8-3-1-7(2-4-8)5-13-6-9(11)12/h1-4H,5-6H2,(H3,11,12). The number of hydrogen-bond donors (Lipinski definition) is 2. The van der Waals surface area contributed by atoms with E-state index in [-0.39, 0.29) is 5.84 Å². The summed E-state index contributed by atoms with van der Waals surface area (Å²) < 4.78 is 0. The summed E-state index contributed by atoms with van der Waals surface area (Å²) in [6, 6.07) is 7.70. The summed E-state index contributed by atoms with van der Waals surface area (Å²) in [6.45, 7) is 0. The zero-order chi connectivity index (χ0) is 9.68. The van der Waals surface area contributed by atoms with Gasteiger partial charge < -0.3 is 5.73 Å². The molecule has 2 nitrogen and oxygen atoms in total. The van der Waals surface area contributed by atoms with E-state index in [0.29, 0.717) is 5.75 Å². The number of nitrogens with two attached hydrogens (primary N) is 1. The van der Waals surface area contributed by atoms with Crippen molar-refractivity contribution in [3.05, 3.63) is 34.9 Å². The van der Waals surface area contributed by atoms with Crippen LogP contribution in [-0.4, -0.2) is 11.6 Å². The van der Waals surface area contributed by atoms with Gasteiger partial charge in [0.15, 0.2) is 0 Å². The first-order chi connectivity index (χ1) is 6.18. The molecule has 0 amide bonds. The molecule has 0 unspecified atom stereocenters. The Morgan fingerprint density at radius 2 is 2.00 bits per heavy atom. The molecule has 0 radical (unpaired) electrons. The van der Waals surface area contributed by atoms with Gasteiger partial charge in [-0.15, -0.1) is 11.8 Å². The van der Waals surface area contributed by atoms with Gasteiger partial charge >= 0.3 is 0 Å². The minimum Gasteiger partial charge on any atom is -0.387 e. The molecule has 4 heteroatoms. The summed E-state index contributed by atoms with van der Waals surface area (Å²) in [7, 11) is 0. The van der Waals surface area contributed by atoms with Crippen LogP contribution in [0.15, 0.2) is 24.3 Å². The van der Waals surface area contributed by atoms with Crippen molar-refractivity contribution in [2.24, 2.45) is 5.73 Å². The maximum atomic E-state index is 7.03. The Balaban J connectivity index is 2.37. The van der Waals surface area contributed by atoms with Gasteiger partial charge in [0.05, 0.1) is 5.75 Å². The molecule has 1 aromatic carbocycles. The van der Waals surface area contributed by atoms with Gasteiger partial charge in [0.25, 0.3) is 0 Å². The number of benzene rings is 1. The Morgan fingerprint density at radius 3 is 2.54 bits per heavy atom. The molecule has 0 aliphatic rings. The molecule has 1 aromatic rings. The maximum Gasteiger partial charge on any atom is 0.101 e. The molecule has 0 aromatic heterocycles. The monoisotopic (exact) mass is 214 g/mol. The van der Waals surface area contributed by atoms with Crippen LogP contribution in [0.4, 0.5) is 0 Å². The fraction of sp³-hybridized carbons (Fsp3) is 0.222. The largest absolute Gasteiger partial charge is 0.387 e. The number of halogens is 1. The molecule has 0 saturated carbocycles. The van der Waals surface area contributed by atoms with Crippen LogP contribution in [0.5, 0.6) is 0 Å². The van der Waals surface area contributed by atoms with Crippen LogP contribution < -0.4 is 5.73 Å². The number of nitrogens with one attached hydrogen (secondary N) is 1. The van der Waals surface area contributed by atoms with Gasteiger partial charge in [0.2, 0.25) is 0 Å². The average Bonchev–Trinajstić information content (AvgIpc) is 2.08. The van der Waals surface area contributed by atoms with Gasteiger partial charge in [-0.1, -0.05) is 23.7 Å². The third-order valence-corrected chi connectivity index (χ3v) is 2.74. The van der Waals surface area contributed by atoms with Gasteiger partial charge in [-0.2, -0.15) is 0 Å². The first-order valence-corrected chi connectivity index (χ1v) is 5.37. The lowest BCUT2D eigenvalue weighted by Gasteiger charge is -2.00. The number of amidine groups is 1. The van der Waals surface area contributed by atoms with Gasteiger partial charge in [-0.05, 0) is 17.7 Å². The fourth-order valence-electron chi connectivity index (χ4n) is 0.859. The molecule has 0 spiro atoms. The highest BCUT2D eigenvalue weighted by Gasteiger charge is 1.94. The maximum absolute atomic E-state index is 7.03. The second-order valence-corrected chi connectivity index (χ2v) is 4.07. The number of hydrogen-bond acceptors (Lipinski definition) is 2. The summed E-state index contributed by atoms with van der Waals surface area (Å²) in [4.78, 5) is 0. The van der Waals surface area contributed by atoms with Crippen molar-refractivity contribution in [3.63, 3.8) is 0 Å². The van der Waals surface area contributed by atoms with E-state index in [0.717, 1.165) is 10.8 Å². The second kappa shape index (κ2) is 5.14. The third-order valence-electron chi connectivity index (χ3n) is 1.44. The highest BCUT2D eigenvalue weighted by atomic mass is 35.5. The van der Waals surface area contributed by atoms with Crippen LogP contribution in [-0.2, 0) is 5.75 Å². The molecule has 0 bridgehead atoms. The Hall–Kier alpha value is -0.670. The van der Waals surface area contributed by atoms with E-state index >= 15 is 0 Å². The quantitative estimate of drug-likeness (QED) is 0.598. The van der Waals surface area contributed by atoms with Crippen LogP contribution in [0.3, 0.4) is 0 Å². The van der Waals surface area contributed by atoms with Gasteiger partial charge in [0, 0.05) is 10.8 Å². The number of rotatable bonds is 4. The lowest BCUT2D eigenvalue weighted by molar-refractivity contribution is 1.39. The minimum absolute atomic E-state index is 0.221. The zero-order valence-corrected chi connectivity index (χ0v) is 8.66. The van der Waals surface area contributed by atoms with E-state index in [1.165, 1.54) is 5.56 Å². The molecule has 70 valence electrons. The van der Waals surface area contributed by atoms with Crippen LogP contribution in [0, 0.1) is 5.41 Å². The van der Waals surface area contributed by atoms with E-state index in [9.17, 15) is 0 Å². The van der Waals surface area contributed by atoms with Gasteiger partial charge in [-0.3, -0.25) is 5.41 Å². The van der Waals surface area contributed by atoms with Crippen molar-refractivity contribution in [2.75, 3.05) is 5.75 Å². The van der Waals surface area contributed by atoms with Crippen LogP contribution >= 0.6 is 23.4 Å². The van der Waals surface area contributed by atoms with Crippen LogP contribution in [0.25, 0.3) is 0 Å².